The molecule has 1 aliphatic heterocycles. The Morgan fingerprint density at radius 3 is 2.43 bits per heavy atom. The molecule has 28 heavy (non-hydrogen) atoms. The van der Waals surface area contributed by atoms with Crippen LogP contribution in [0.15, 0.2) is 53.4 Å². The highest BCUT2D eigenvalue weighted by Crippen LogP contribution is 2.31. The van der Waals surface area contributed by atoms with Crippen LogP contribution in [0.4, 0.5) is 13.2 Å². The summed E-state index contributed by atoms with van der Waals surface area (Å²) >= 11 is 0. The van der Waals surface area contributed by atoms with E-state index in [1.54, 1.807) is 0 Å². The van der Waals surface area contributed by atoms with E-state index in [0.29, 0.717) is 25.6 Å². The van der Waals surface area contributed by atoms with Crippen molar-refractivity contribution in [2.75, 3.05) is 26.2 Å². The van der Waals surface area contributed by atoms with Gasteiger partial charge < -0.3 is 0 Å². The van der Waals surface area contributed by atoms with E-state index < -0.39 is 21.8 Å². The molecule has 4 nitrogen and oxygen atoms in total. The number of sulfonamides is 1. The SMILES string of the molecule is Cc1ccccc1CN1CCCN(S(=O)(=O)c2cccc(C(F)(F)F)c2)CC1. The third kappa shape index (κ3) is 4.74. The Labute approximate surface area is 163 Å². The zero-order valence-electron chi connectivity index (χ0n) is 15.6. The Morgan fingerprint density at radius 2 is 1.71 bits per heavy atom. The first-order chi connectivity index (χ1) is 13.2. The molecule has 0 atom stereocenters. The average Bonchev–Trinajstić information content (AvgIpc) is 2.89. The van der Waals surface area contributed by atoms with E-state index in [-0.39, 0.29) is 11.4 Å². The third-order valence-corrected chi connectivity index (χ3v) is 6.90. The molecule has 1 fully saturated rings. The molecule has 0 aromatic heterocycles. The molecular formula is C20H23F3N2O2S. The molecular weight excluding hydrogens is 389 g/mol. The largest absolute Gasteiger partial charge is 0.416 e. The van der Waals surface area contributed by atoms with Gasteiger partial charge in [-0.05, 0) is 49.2 Å². The van der Waals surface area contributed by atoms with Crippen LogP contribution in [0, 0.1) is 6.92 Å². The van der Waals surface area contributed by atoms with E-state index in [0.717, 1.165) is 25.2 Å². The molecule has 0 saturated carbocycles. The summed E-state index contributed by atoms with van der Waals surface area (Å²) in [6.07, 6.45) is -3.95. The topological polar surface area (TPSA) is 40.6 Å². The molecule has 1 aliphatic rings. The average molecular weight is 412 g/mol. The molecule has 1 heterocycles. The molecule has 0 N–H and O–H groups in total. The number of aryl methyl sites for hydroxylation is 1. The number of halogens is 3. The lowest BCUT2D eigenvalue weighted by Gasteiger charge is -2.22. The van der Waals surface area contributed by atoms with Crippen molar-refractivity contribution in [3.8, 4) is 0 Å². The molecule has 0 aliphatic carbocycles. The minimum atomic E-state index is -4.57. The molecule has 1 saturated heterocycles. The van der Waals surface area contributed by atoms with Crippen molar-refractivity contribution in [2.24, 2.45) is 0 Å². The van der Waals surface area contributed by atoms with Gasteiger partial charge in [0.25, 0.3) is 0 Å². The third-order valence-electron chi connectivity index (χ3n) is 5.00. The van der Waals surface area contributed by atoms with Crippen LogP contribution >= 0.6 is 0 Å². The zero-order chi connectivity index (χ0) is 20.4. The Hall–Kier alpha value is -1.90. The molecule has 2 aromatic rings. The summed E-state index contributed by atoms with van der Waals surface area (Å²) in [7, 11) is -3.97. The maximum absolute atomic E-state index is 12.9. The number of benzene rings is 2. The van der Waals surface area contributed by atoms with E-state index in [1.807, 2.05) is 25.1 Å². The highest BCUT2D eigenvalue weighted by Gasteiger charge is 2.33. The van der Waals surface area contributed by atoms with Gasteiger partial charge in [-0.3, -0.25) is 4.90 Å². The molecule has 0 amide bonds. The molecule has 2 aromatic carbocycles. The molecule has 0 spiro atoms. The Bertz CT molecular complexity index is 929. The van der Waals surface area contributed by atoms with Crippen LogP contribution in [0.2, 0.25) is 0 Å². The van der Waals surface area contributed by atoms with Crippen LogP contribution in [0.25, 0.3) is 0 Å². The van der Waals surface area contributed by atoms with Gasteiger partial charge in [-0.1, -0.05) is 30.3 Å². The smallest absolute Gasteiger partial charge is 0.298 e. The molecule has 0 radical (unpaired) electrons. The van der Waals surface area contributed by atoms with E-state index in [1.165, 1.54) is 21.5 Å². The van der Waals surface area contributed by atoms with Gasteiger partial charge in [-0.2, -0.15) is 17.5 Å². The molecule has 8 heteroatoms. The van der Waals surface area contributed by atoms with Crippen LogP contribution in [-0.2, 0) is 22.7 Å². The second-order valence-electron chi connectivity index (χ2n) is 6.99. The lowest BCUT2D eigenvalue weighted by Crippen LogP contribution is -2.35. The Morgan fingerprint density at radius 1 is 0.964 bits per heavy atom. The number of nitrogens with zero attached hydrogens (tertiary/aromatic N) is 2. The van der Waals surface area contributed by atoms with Gasteiger partial charge in [0, 0.05) is 26.2 Å². The fourth-order valence-corrected chi connectivity index (χ4v) is 4.87. The van der Waals surface area contributed by atoms with E-state index >= 15 is 0 Å². The minimum absolute atomic E-state index is 0.254. The quantitative estimate of drug-likeness (QED) is 0.765. The van der Waals surface area contributed by atoms with Crippen molar-refractivity contribution in [1.29, 1.82) is 0 Å². The molecule has 0 unspecified atom stereocenters. The van der Waals surface area contributed by atoms with Crippen molar-refractivity contribution < 1.29 is 21.6 Å². The summed E-state index contributed by atoms with van der Waals surface area (Å²) in [5, 5.41) is 0. The monoisotopic (exact) mass is 412 g/mol. The lowest BCUT2D eigenvalue weighted by molar-refractivity contribution is -0.137. The van der Waals surface area contributed by atoms with E-state index in [9.17, 15) is 21.6 Å². The van der Waals surface area contributed by atoms with Gasteiger partial charge in [0.15, 0.2) is 0 Å². The van der Waals surface area contributed by atoms with Crippen molar-refractivity contribution in [2.45, 2.75) is 31.0 Å². The predicted octanol–water partition coefficient (Wildman–Crippen LogP) is 3.91. The summed E-state index contributed by atoms with van der Waals surface area (Å²) in [6.45, 7) is 4.59. The van der Waals surface area contributed by atoms with Crippen LogP contribution in [0.3, 0.4) is 0 Å². The highest BCUT2D eigenvalue weighted by molar-refractivity contribution is 7.89. The minimum Gasteiger partial charge on any atom is -0.298 e. The lowest BCUT2D eigenvalue weighted by atomic mass is 10.1. The van der Waals surface area contributed by atoms with Crippen molar-refractivity contribution >= 4 is 10.0 Å². The van der Waals surface area contributed by atoms with Crippen LogP contribution in [0.5, 0.6) is 0 Å². The summed E-state index contributed by atoms with van der Waals surface area (Å²) in [6, 6.07) is 12.0. The zero-order valence-corrected chi connectivity index (χ0v) is 16.4. The first-order valence-corrected chi connectivity index (χ1v) is 10.6. The van der Waals surface area contributed by atoms with Gasteiger partial charge in [0.2, 0.25) is 10.0 Å². The number of hydrogen-bond acceptors (Lipinski definition) is 3. The van der Waals surface area contributed by atoms with Gasteiger partial charge in [-0.25, -0.2) is 8.42 Å². The Kier molecular flexibility index (Phi) is 6.12. The predicted molar refractivity (Wildman–Crippen MR) is 101 cm³/mol. The summed E-state index contributed by atoms with van der Waals surface area (Å²) in [4.78, 5) is 1.87. The normalized spacial score (nSPS) is 17.4. The fraction of sp³-hybridized carbons (Fsp3) is 0.400. The number of rotatable bonds is 4. The van der Waals surface area contributed by atoms with Gasteiger partial charge in [0.1, 0.15) is 0 Å². The second-order valence-corrected chi connectivity index (χ2v) is 8.92. The van der Waals surface area contributed by atoms with Crippen LogP contribution in [0.1, 0.15) is 23.1 Å². The number of hydrogen-bond donors (Lipinski definition) is 0. The standard InChI is InChI=1S/C20H23F3N2O2S/c1-16-6-2-3-7-17(16)15-24-10-5-11-25(13-12-24)28(26,27)19-9-4-8-18(14-19)20(21,22)23/h2-4,6-9,14H,5,10-13,15H2,1H3. The van der Waals surface area contributed by atoms with E-state index in [2.05, 4.69) is 11.0 Å². The van der Waals surface area contributed by atoms with Crippen molar-refractivity contribution in [1.82, 2.24) is 9.21 Å². The highest BCUT2D eigenvalue weighted by atomic mass is 32.2. The summed E-state index contributed by atoms with van der Waals surface area (Å²) < 4.78 is 65.9. The molecule has 152 valence electrons. The van der Waals surface area contributed by atoms with E-state index in [4.69, 9.17) is 0 Å². The van der Waals surface area contributed by atoms with Crippen LogP contribution < -0.4 is 0 Å². The van der Waals surface area contributed by atoms with Crippen LogP contribution in [-0.4, -0.2) is 43.8 Å². The maximum atomic E-state index is 12.9. The fourth-order valence-electron chi connectivity index (χ4n) is 3.36. The Balaban J connectivity index is 1.73. The summed E-state index contributed by atoms with van der Waals surface area (Å²) in [5.74, 6) is 0. The number of alkyl halides is 3. The van der Waals surface area contributed by atoms with Gasteiger partial charge in [-0.15, -0.1) is 0 Å². The maximum Gasteiger partial charge on any atom is 0.416 e. The van der Waals surface area contributed by atoms with Crippen molar-refractivity contribution in [3.63, 3.8) is 0 Å². The first-order valence-electron chi connectivity index (χ1n) is 9.12. The molecule has 3 rings (SSSR count). The van der Waals surface area contributed by atoms with Gasteiger partial charge >= 0.3 is 6.18 Å². The molecule has 0 bridgehead atoms. The van der Waals surface area contributed by atoms with Gasteiger partial charge in [0.05, 0.1) is 10.5 Å². The summed E-state index contributed by atoms with van der Waals surface area (Å²) in [5.41, 5.74) is 1.42. The first kappa shape index (κ1) is 20.8. The van der Waals surface area contributed by atoms with Crippen molar-refractivity contribution in [3.05, 3.63) is 65.2 Å². The second kappa shape index (κ2) is 8.23.